The molecular formula is C10H18N2O3. The van der Waals surface area contributed by atoms with Crippen molar-refractivity contribution in [2.45, 2.75) is 25.3 Å². The number of methoxy groups -OCH3 is 1. The summed E-state index contributed by atoms with van der Waals surface area (Å²) in [7, 11) is 1.27. The van der Waals surface area contributed by atoms with Crippen LogP contribution in [0.15, 0.2) is 0 Å². The second kappa shape index (κ2) is 5.82. The summed E-state index contributed by atoms with van der Waals surface area (Å²) in [5.41, 5.74) is 5.52. The van der Waals surface area contributed by atoms with E-state index in [0.717, 1.165) is 19.4 Å². The highest BCUT2D eigenvalue weighted by molar-refractivity contribution is 5.87. The molecule has 2 atom stereocenters. The molecule has 0 radical (unpaired) electrons. The molecule has 1 heterocycles. The van der Waals surface area contributed by atoms with Gasteiger partial charge in [-0.1, -0.05) is 0 Å². The van der Waals surface area contributed by atoms with Crippen LogP contribution in [0.25, 0.3) is 0 Å². The summed E-state index contributed by atoms with van der Waals surface area (Å²) in [6.07, 6.45) is 1.97. The van der Waals surface area contributed by atoms with E-state index in [-0.39, 0.29) is 18.1 Å². The van der Waals surface area contributed by atoms with Gasteiger partial charge in [-0.05, 0) is 19.4 Å². The predicted octanol–water partition coefficient (Wildman–Crippen LogP) is -0.554. The molecule has 3 N–H and O–H groups in total. The summed E-state index contributed by atoms with van der Waals surface area (Å²) >= 11 is 0. The average Bonchev–Trinajstić information content (AvgIpc) is 2.29. The minimum atomic E-state index is -0.815. The third kappa shape index (κ3) is 3.60. The van der Waals surface area contributed by atoms with Gasteiger partial charge in [-0.15, -0.1) is 0 Å². The monoisotopic (exact) mass is 214 g/mol. The summed E-state index contributed by atoms with van der Waals surface area (Å²) in [4.78, 5) is 22.7. The molecular weight excluding hydrogens is 196 g/mol. The number of hydrogen-bond donors (Lipinski definition) is 2. The predicted molar refractivity (Wildman–Crippen MR) is 55.2 cm³/mol. The molecule has 15 heavy (non-hydrogen) atoms. The van der Waals surface area contributed by atoms with Gasteiger partial charge in [0.1, 0.15) is 11.8 Å². The Labute approximate surface area is 89.3 Å². The Bertz CT molecular complexity index is 237. The number of esters is 1. The Kier molecular flexibility index (Phi) is 4.71. The molecule has 1 aliphatic heterocycles. The zero-order valence-corrected chi connectivity index (χ0v) is 8.99. The summed E-state index contributed by atoms with van der Waals surface area (Å²) in [5, 5.41) is 3.15. The van der Waals surface area contributed by atoms with Crippen LogP contribution in [0.2, 0.25) is 0 Å². The Morgan fingerprint density at radius 1 is 1.60 bits per heavy atom. The van der Waals surface area contributed by atoms with Crippen LogP contribution in [0.4, 0.5) is 0 Å². The summed E-state index contributed by atoms with van der Waals surface area (Å²) < 4.78 is 4.47. The highest BCUT2D eigenvalue weighted by Crippen LogP contribution is 2.13. The van der Waals surface area contributed by atoms with Crippen molar-refractivity contribution in [2.24, 2.45) is 11.7 Å². The molecule has 5 nitrogen and oxygen atoms in total. The third-order valence-electron chi connectivity index (χ3n) is 2.68. The van der Waals surface area contributed by atoms with Crippen molar-refractivity contribution in [1.82, 2.24) is 5.32 Å². The molecule has 1 fully saturated rings. The molecule has 0 saturated carbocycles. The summed E-state index contributed by atoms with van der Waals surface area (Å²) in [5.74, 6) is -0.457. The van der Waals surface area contributed by atoms with Crippen LogP contribution >= 0.6 is 0 Å². The number of hydrogen-bond acceptors (Lipinski definition) is 5. The van der Waals surface area contributed by atoms with Crippen LogP contribution < -0.4 is 11.1 Å². The number of nitrogens with two attached hydrogens (primary N) is 1. The van der Waals surface area contributed by atoms with Crippen molar-refractivity contribution in [1.29, 1.82) is 0 Å². The molecule has 1 aliphatic rings. The number of carbonyl (C=O) groups is 2. The van der Waals surface area contributed by atoms with Gasteiger partial charge in [-0.25, -0.2) is 0 Å². The van der Waals surface area contributed by atoms with Gasteiger partial charge in [0, 0.05) is 18.9 Å². The van der Waals surface area contributed by atoms with Gasteiger partial charge in [-0.3, -0.25) is 9.59 Å². The Morgan fingerprint density at radius 2 is 2.33 bits per heavy atom. The van der Waals surface area contributed by atoms with E-state index < -0.39 is 12.0 Å². The van der Waals surface area contributed by atoms with Crippen LogP contribution in [0.1, 0.15) is 19.3 Å². The first-order chi connectivity index (χ1) is 7.15. The van der Waals surface area contributed by atoms with Crippen molar-refractivity contribution in [3.8, 4) is 0 Å². The van der Waals surface area contributed by atoms with E-state index in [0.29, 0.717) is 6.54 Å². The minimum Gasteiger partial charge on any atom is -0.468 e. The second-order valence-corrected chi connectivity index (χ2v) is 3.84. The largest absolute Gasteiger partial charge is 0.468 e. The van der Waals surface area contributed by atoms with Crippen LogP contribution in [-0.4, -0.2) is 38.0 Å². The number of piperidine rings is 1. The lowest BCUT2D eigenvalue weighted by Gasteiger charge is -2.22. The first kappa shape index (κ1) is 12.1. The fraction of sp³-hybridized carbons (Fsp3) is 0.800. The molecule has 1 rings (SSSR count). The zero-order valence-electron chi connectivity index (χ0n) is 8.99. The number of rotatable bonds is 4. The number of Topliss-reactive ketones (excluding diaryl/α,β-unsaturated/α-hetero) is 1. The van der Waals surface area contributed by atoms with E-state index in [1.807, 2.05) is 0 Å². The van der Waals surface area contributed by atoms with Gasteiger partial charge in [0.25, 0.3) is 0 Å². The van der Waals surface area contributed by atoms with E-state index in [1.165, 1.54) is 7.11 Å². The quantitative estimate of drug-likeness (QED) is 0.613. The van der Waals surface area contributed by atoms with Crippen molar-refractivity contribution in [3.63, 3.8) is 0 Å². The van der Waals surface area contributed by atoms with E-state index in [4.69, 9.17) is 5.73 Å². The molecule has 5 heteroatoms. The van der Waals surface area contributed by atoms with Gasteiger partial charge in [0.2, 0.25) is 0 Å². The van der Waals surface area contributed by atoms with Gasteiger partial charge in [0.15, 0.2) is 0 Å². The number of carbonyl (C=O) groups excluding carboxylic acids is 2. The number of ketones is 1. The molecule has 0 aliphatic carbocycles. The van der Waals surface area contributed by atoms with Gasteiger partial charge in [0.05, 0.1) is 7.11 Å². The van der Waals surface area contributed by atoms with Crippen molar-refractivity contribution >= 4 is 11.8 Å². The standard InChI is InChI=1S/C10H18N2O3/c1-15-10(14)8(11)5-9(13)7-3-2-4-12-6-7/h7-8,12H,2-6,11H2,1H3. The Morgan fingerprint density at radius 3 is 2.87 bits per heavy atom. The number of ether oxygens (including phenoxy) is 1. The Hall–Kier alpha value is -0.940. The molecule has 0 bridgehead atoms. The van der Waals surface area contributed by atoms with Crippen LogP contribution in [-0.2, 0) is 14.3 Å². The van der Waals surface area contributed by atoms with Gasteiger partial charge >= 0.3 is 5.97 Å². The van der Waals surface area contributed by atoms with Crippen LogP contribution in [0.3, 0.4) is 0 Å². The maximum atomic E-state index is 11.7. The van der Waals surface area contributed by atoms with Crippen molar-refractivity contribution < 1.29 is 14.3 Å². The zero-order chi connectivity index (χ0) is 11.3. The van der Waals surface area contributed by atoms with E-state index in [9.17, 15) is 9.59 Å². The smallest absolute Gasteiger partial charge is 0.323 e. The SMILES string of the molecule is COC(=O)C(N)CC(=O)C1CCCNC1. The van der Waals surface area contributed by atoms with E-state index in [2.05, 4.69) is 10.1 Å². The normalized spacial score (nSPS) is 23.2. The number of nitrogens with one attached hydrogen (secondary N) is 1. The topological polar surface area (TPSA) is 81.4 Å². The first-order valence-electron chi connectivity index (χ1n) is 5.22. The molecule has 0 spiro atoms. The fourth-order valence-electron chi connectivity index (χ4n) is 1.74. The highest BCUT2D eigenvalue weighted by Gasteiger charge is 2.25. The van der Waals surface area contributed by atoms with Gasteiger partial charge < -0.3 is 15.8 Å². The minimum absolute atomic E-state index is 0.00876. The van der Waals surface area contributed by atoms with Gasteiger partial charge in [-0.2, -0.15) is 0 Å². The molecule has 2 unspecified atom stereocenters. The summed E-state index contributed by atoms with van der Waals surface area (Å²) in [6, 6.07) is -0.815. The molecule has 86 valence electrons. The highest BCUT2D eigenvalue weighted by atomic mass is 16.5. The lowest BCUT2D eigenvalue weighted by atomic mass is 9.91. The molecule has 0 aromatic heterocycles. The first-order valence-corrected chi connectivity index (χ1v) is 5.22. The molecule has 0 aromatic rings. The van der Waals surface area contributed by atoms with E-state index in [1.54, 1.807) is 0 Å². The molecule has 0 aromatic carbocycles. The Balaban J connectivity index is 2.36. The molecule has 1 saturated heterocycles. The van der Waals surface area contributed by atoms with Crippen LogP contribution in [0, 0.1) is 5.92 Å². The lowest BCUT2D eigenvalue weighted by Crippen LogP contribution is -2.39. The second-order valence-electron chi connectivity index (χ2n) is 3.84. The fourth-order valence-corrected chi connectivity index (χ4v) is 1.74. The lowest BCUT2D eigenvalue weighted by molar-refractivity contribution is -0.144. The third-order valence-corrected chi connectivity index (χ3v) is 2.68. The van der Waals surface area contributed by atoms with Crippen molar-refractivity contribution in [2.75, 3.05) is 20.2 Å². The average molecular weight is 214 g/mol. The van der Waals surface area contributed by atoms with Crippen molar-refractivity contribution in [3.05, 3.63) is 0 Å². The van der Waals surface area contributed by atoms with E-state index >= 15 is 0 Å². The maximum Gasteiger partial charge on any atom is 0.323 e. The molecule has 0 amide bonds. The summed E-state index contributed by atoms with van der Waals surface area (Å²) in [6.45, 7) is 1.67. The maximum absolute atomic E-state index is 11.7. The van der Waals surface area contributed by atoms with Crippen LogP contribution in [0.5, 0.6) is 0 Å².